The van der Waals surface area contributed by atoms with Gasteiger partial charge in [0.25, 0.3) is 5.91 Å². The first kappa shape index (κ1) is 25.4. The van der Waals surface area contributed by atoms with Crippen LogP contribution in [0.15, 0.2) is 48.6 Å². The van der Waals surface area contributed by atoms with Crippen molar-refractivity contribution in [3.8, 4) is 0 Å². The summed E-state index contributed by atoms with van der Waals surface area (Å²) >= 11 is 8.05. The van der Waals surface area contributed by atoms with Crippen LogP contribution >= 0.6 is 23.4 Å². The molecule has 192 valence electrons. The fourth-order valence-electron chi connectivity index (χ4n) is 6.41. The predicted molar refractivity (Wildman–Crippen MR) is 142 cm³/mol. The molecule has 9 heteroatoms. The zero-order valence-electron chi connectivity index (χ0n) is 20.6. The average Bonchev–Trinajstić information content (AvgIpc) is 3.12. The monoisotopic (exact) mass is 529 g/mol. The number of amides is 3. The first-order valence-electron chi connectivity index (χ1n) is 12.6. The Kier molecular flexibility index (Phi) is 6.72. The SMILES string of the molecule is CCCN1CC=C[C@]2(C)S[C@]34C=CCN(c5ccccc5Cl)C(=O)C3N(CCCO)C(=O)[C@@H]4[C@@H]2C1=O. The van der Waals surface area contributed by atoms with E-state index in [1.165, 1.54) is 0 Å². The topological polar surface area (TPSA) is 81.2 Å². The van der Waals surface area contributed by atoms with Crippen LogP contribution in [-0.4, -0.2) is 80.9 Å². The highest BCUT2D eigenvalue weighted by molar-refractivity contribution is 8.02. The van der Waals surface area contributed by atoms with E-state index in [4.69, 9.17) is 11.6 Å². The molecule has 2 fully saturated rings. The summed E-state index contributed by atoms with van der Waals surface area (Å²) in [4.78, 5) is 47.5. The number of aliphatic hydroxyl groups excluding tert-OH is 1. The average molecular weight is 530 g/mol. The van der Waals surface area contributed by atoms with Crippen LogP contribution in [-0.2, 0) is 14.4 Å². The zero-order valence-corrected chi connectivity index (χ0v) is 22.2. The summed E-state index contributed by atoms with van der Waals surface area (Å²) in [6.45, 7) is 5.70. The van der Waals surface area contributed by atoms with E-state index in [1.807, 2.05) is 49.1 Å². The van der Waals surface area contributed by atoms with Gasteiger partial charge in [0.1, 0.15) is 6.04 Å². The second-order valence-electron chi connectivity index (χ2n) is 10.1. The third-order valence-electron chi connectivity index (χ3n) is 7.83. The van der Waals surface area contributed by atoms with Crippen LogP contribution in [0.4, 0.5) is 5.69 Å². The van der Waals surface area contributed by atoms with Crippen molar-refractivity contribution >= 4 is 46.8 Å². The highest BCUT2D eigenvalue weighted by Gasteiger charge is 2.73. The number of anilines is 1. The highest BCUT2D eigenvalue weighted by Crippen LogP contribution is 2.65. The predicted octanol–water partition coefficient (Wildman–Crippen LogP) is 3.12. The summed E-state index contributed by atoms with van der Waals surface area (Å²) in [5.74, 6) is -1.67. The molecule has 1 N–H and O–H groups in total. The van der Waals surface area contributed by atoms with Crippen LogP contribution in [0.25, 0.3) is 0 Å². The molecule has 0 aliphatic carbocycles. The van der Waals surface area contributed by atoms with E-state index in [2.05, 4.69) is 6.08 Å². The summed E-state index contributed by atoms with van der Waals surface area (Å²) in [5.41, 5.74) is 0.595. The van der Waals surface area contributed by atoms with E-state index < -0.39 is 27.4 Å². The van der Waals surface area contributed by atoms with Gasteiger partial charge in [0.05, 0.1) is 27.3 Å². The lowest BCUT2D eigenvalue weighted by molar-refractivity contribution is -0.143. The smallest absolute Gasteiger partial charge is 0.251 e. The van der Waals surface area contributed by atoms with Gasteiger partial charge in [0.2, 0.25) is 11.8 Å². The van der Waals surface area contributed by atoms with Crippen molar-refractivity contribution < 1.29 is 19.5 Å². The molecule has 4 aliphatic heterocycles. The van der Waals surface area contributed by atoms with Crippen LogP contribution in [0.1, 0.15) is 26.7 Å². The van der Waals surface area contributed by atoms with Crippen molar-refractivity contribution in [2.24, 2.45) is 11.8 Å². The minimum atomic E-state index is -0.895. The van der Waals surface area contributed by atoms with E-state index in [9.17, 15) is 19.5 Å². The fraction of sp³-hybridized carbons (Fsp3) is 0.519. The Morgan fingerprint density at radius 1 is 1.03 bits per heavy atom. The number of aliphatic hydroxyl groups is 1. The minimum Gasteiger partial charge on any atom is -0.396 e. The lowest BCUT2D eigenvalue weighted by Gasteiger charge is -2.37. The molecule has 2 saturated heterocycles. The number of hydrogen-bond donors (Lipinski definition) is 1. The van der Waals surface area contributed by atoms with Crippen LogP contribution < -0.4 is 4.90 Å². The molecule has 1 aromatic carbocycles. The van der Waals surface area contributed by atoms with E-state index in [-0.39, 0.29) is 30.9 Å². The van der Waals surface area contributed by atoms with Gasteiger partial charge in [-0.15, -0.1) is 11.8 Å². The highest BCUT2D eigenvalue weighted by atomic mass is 35.5. The Bertz CT molecular complexity index is 1140. The third kappa shape index (κ3) is 3.72. The van der Waals surface area contributed by atoms with Crippen molar-refractivity contribution in [2.45, 2.75) is 42.2 Å². The molecule has 0 aromatic heterocycles. The largest absolute Gasteiger partial charge is 0.396 e. The van der Waals surface area contributed by atoms with Gasteiger partial charge in [-0.25, -0.2) is 0 Å². The van der Waals surface area contributed by atoms with E-state index in [0.29, 0.717) is 36.8 Å². The number of carbonyl (C=O) groups excluding carboxylic acids is 3. The van der Waals surface area contributed by atoms with Crippen LogP contribution in [0.5, 0.6) is 0 Å². The first-order chi connectivity index (χ1) is 17.3. The number of fused-ring (bicyclic) bond motifs is 2. The number of nitrogens with zero attached hydrogens (tertiary/aromatic N) is 3. The number of hydrogen-bond acceptors (Lipinski definition) is 5. The van der Waals surface area contributed by atoms with Gasteiger partial charge in [-0.1, -0.05) is 55.0 Å². The summed E-state index contributed by atoms with van der Waals surface area (Å²) in [5, 5.41) is 10.0. The number of para-hydroxylation sites is 1. The number of carbonyl (C=O) groups is 3. The van der Waals surface area contributed by atoms with Gasteiger partial charge < -0.3 is 19.8 Å². The molecule has 1 spiro atoms. The van der Waals surface area contributed by atoms with Gasteiger partial charge >= 0.3 is 0 Å². The third-order valence-corrected chi connectivity index (χ3v) is 9.95. The second kappa shape index (κ2) is 9.54. The van der Waals surface area contributed by atoms with Crippen molar-refractivity contribution in [1.29, 1.82) is 0 Å². The van der Waals surface area contributed by atoms with Crippen LogP contribution in [0.3, 0.4) is 0 Å². The van der Waals surface area contributed by atoms with Crippen molar-refractivity contribution in [3.05, 3.63) is 53.6 Å². The molecule has 1 unspecified atom stereocenters. The number of benzene rings is 1. The lowest BCUT2D eigenvalue weighted by atomic mass is 9.74. The van der Waals surface area contributed by atoms with Gasteiger partial charge in [-0.05, 0) is 31.9 Å². The maximum Gasteiger partial charge on any atom is 0.251 e. The Labute approximate surface area is 221 Å². The van der Waals surface area contributed by atoms with Gasteiger partial charge in [-0.3, -0.25) is 14.4 Å². The van der Waals surface area contributed by atoms with Crippen molar-refractivity contribution in [1.82, 2.24) is 9.80 Å². The molecule has 7 nitrogen and oxygen atoms in total. The van der Waals surface area contributed by atoms with E-state index >= 15 is 0 Å². The maximum atomic E-state index is 14.3. The number of halogens is 1. The summed E-state index contributed by atoms with van der Waals surface area (Å²) < 4.78 is -1.51. The molecule has 0 bridgehead atoms. The summed E-state index contributed by atoms with van der Waals surface area (Å²) in [7, 11) is 0. The molecule has 5 rings (SSSR count). The molecule has 4 heterocycles. The molecular weight excluding hydrogens is 498 g/mol. The van der Waals surface area contributed by atoms with Gasteiger partial charge in [0, 0.05) is 37.5 Å². The minimum absolute atomic E-state index is 0.0251. The maximum absolute atomic E-state index is 14.3. The van der Waals surface area contributed by atoms with E-state index in [0.717, 1.165) is 6.42 Å². The summed E-state index contributed by atoms with van der Waals surface area (Å²) in [6, 6.07) is 6.40. The molecule has 3 amide bonds. The lowest BCUT2D eigenvalue weighted by Crippen LogP contribution is -2.53. The van der Waals surface area contributed by atoms with Gasteiger partial charge in [0.15, 0.2) is 0 Å². The first-order valence-corrected chi connectivity index (χ1v) is 13.8. The molecule has 0 saturated carbocycles. The Balaban J connectivity index is 1.64. The Hall–Kier alpha value is -2.29. The molecule has 0 radical (unpaired) electrons. The number of thioether (sulfide) groups is 1. The molecule has 5 atom stereocenters. The molecule has 36 heavy (non-hydrogen) atoms. The van der Waals surface area contributed by atoms with Gasteiger partial charge in [-0.2, -0.15) is 0 Å². The van der Waals surface area contributed by atoms with Crippen molar-refractivity contribution in [2.75, 3.05) is 37.7 Å². The summed E-state index contributed by atoms with van der Waals surface area (Å²) in [6.07, 6.45) is 9.23. The zero-order chi connectivity index (χ0) is 25.7. The molecule has 1 aromatic rings. The number of rotatable bonds is 6. The molecule has 4 aliphatic rings. The van der Waals surface area contributed by atoms with E-state index in [1.54, 1.807) is 33.7 Å². The van der Waals surface area contributed by atoms with Crippen LogP contribution in [0.2, 0.25) is 5.02 Å². The normalized spacial score (nSPS) is 33.5. The standard InChI is InChI=1S/C27H32ClN3O4S/c1-3-13-29-14-6-11-26(2)20(23(29)33)21-24(34)31(16-8-17-32)22-25(35)30(15-7-12-27(21,22)36-26)19-10-5-4-9-18(19)28/h4-7,9-12,20-22,32H,3,8,13-17H2,1-2H3/t20-,21+,22?,26+,27+/m1/s1. The Morgan fingerprint density at radius 2 is 1.78 bits per heavy atom. The fourth-order valence-corrected chi connectivity index (χ4v) is 8.81. The quantitative estimate of drug-likeness (QED) is 0.573. The number of likely N-dealkylation sites (tertiary alicyclic amines) is 1. The van der Waals surface area contributed by atoms with Crippen LogP contribution in [0, 0.1) is 11.8 Å². The molecular formula is C27H32ClN3O4S. The van der Waals surface area contributed by atoms with Crippen molar-refractivity contribution in [3.63, 3.8) is 0 Å². The Morgan fingerprint density at radius 3 is 2.50 bits per heavy atom. The second-order valence-corrected chi connectivity index (χ2v) is 12.3.